The summed E-state index contributed by atoms with van der Waals surface area (Å²) in [5.74, 6) is -1.02. The molecule has 0 spiro atoms. The number of anilines is 1. The lowest BCUT2D eigenvalue weighted by molar-refractivity contribution is -0.387. The zero-order valence-corrected chi connectivity index (χ0v) is 14.3. The average Bonchev–Trinajstić information content (AvgIpc) is 2.44. The van der Waals surface area contributed by atoms with Crippen LogP contribution in [0, 0.1) is 15.9 Å². The zero-order chi connectivity index (χ0) is 18.8. The largest absolute Gasteiger partial charge is 0.444 e. The lowest BCUT2D eigenvalue weighted by Crippen LogP contribution is -2.52. The van der Waals surface area contributed by atoms with Crippen LogP contribution in [0.5, 0.6) is 0 Å². The van der Waals surface area contributed by atoms with E-state index in [0.29, 0.717) is 0 Å². The van der Waals surface area contributed by atoms with Gasteiger partial charge >= 0.3 is 11.8 Å². The molecule has 7 nitrogen and oxygen atoms in total. The number of nitrogens with one attached hydrogen (secondary N) is 1. The number of carbonyl (C=O) groups excluding carboxylic acids is 1. The molecule has 25 heavy (non-hydrogen) atoms. The summed E-state index contributed by atoms with van der Waals surface area (Å²) >= 11 is 0. The first kappa shape index (κ1) is 18.9. The van der Waals surface area contributed by atoms with E-state index in [1.165, 1.54) is 17.0 Å². The predicted molar refractivity (Wildman–Crippen MR) is 87.9 cm³/mol. The topological polar surface area (TPSA) is 84.7 Å². The first-order valence-electron chi connectivity index (χ1n) is 7.88. The Kier molecular flexibility index (Phi) is 5.44. The maximum Gasteiger partial charge on any atom is 0.407 e. The summed E-state index contributed by atoms with van der Waals surface area (Å²) in [6.07, 6.45) is -1.94. The van der Waals surface area contributed by atoms with Crippen molar-refractivity contribution in [2.24, 2.45) is 0 Å². The van der Waals surface area contributed by atoms with Crippen LogP contribution in [0.3, 0.4) is 0 Å². The van der Waals surface area contributed by atoms with Crippen LogP contribution < -0.4 is 10.2 Å². The Morgan fingerprint density at radius 1 is 1.40 bits per heavy atom. The van der Waals surface area contributed by atoms with Crippen molar-refractivity contribution in [3.63, 3.8) is 0 Å². The Hall–Kier alpha value is -2.45. The van der Waals surface area contributed by atoms with Gasteiger partial charge in [0.2, 0.25) is 5.82 Å². The average molecular weight is 357 g/mol. The molecule has 1 aliphatic heterocycles. The molecule has 0 unspecified atom stereocenters. The van der Waals surface area contributed by atoms with Crippen molar-refractivity contribution >= 4 is 17.5 Å². The van der Waals surface area contributed by atoms with Crippen molar-refractivity contribution in [1.82, 2.24) is 5.32 Å². The molecule has 0 saturated carbocycles. The minimum Gasteiger partial charge on any atom is -0.444 e. The normalized spacial score (nSPS) is 20.9. The van der Waals surface area contributed by atoms with Crippen molar-refractivity contribution in [2.75, 3.05) is 18.0 Å². The van der Waals surface area contributed by atoms with Gasteiger partial charge in [0.25, 0.3) is 0 Å². The smallest absolute Gasteiger partial charge is 0.407 e. The highest BCUT2D eigenvalue weighted by molar-refractivity contribution is 5.68. The number of amides is 1. The number of hydrogen-bond donors (Lipinski definition) is 1. The highest BCUT2D eigenvalue weighted by atomic mass is 19.1. The van der Waals surface area contributed by atoms with Crippen molar-refractivity contribution in [3.8, 4) is 0 Å². The first-order valence-corrected chi connectivity index (χ1v) is 7.88. The molecule has 1 aromatic carbocycles. The molecule has 0 aromatic heterocycles. The van der Waals surface area contributed by atoms with Crippen LogP contribution in [0.25, 0.3) is 0 Å². The van der Waals surface area contributed by atoms with E-state index >= 15 is 0 Å². The molecule has 138 valence electrons. The molecule has 1 aliphatic rings. The van der Waals surface area contributed by atoms with Crippen LogP contribution in [0.4, 0.5) is 25.0 Å². The molecule has 1 saturated heterocycles. The van der Waals surface area contributed by atoms with Crippen molar-refractivity contribution in [3.05, 3.63) is 34.1 Å². The number of rotatable bonds is 3. The number of nitro groups is 1. The number of nitrogens with zero attached hydrogens (tertiary/aromatic N) is 2. The third kappa shape index (κ3) is 5.01. The number of nitro benzene ring substituents is 1. The molecule has 1 N–H and O–H groups in total. The standard InChI is InChI=1S/C16H21F2N3O4/c1-16(2,3)25-15(22)19-11-7-10(17)8-20(9-11)12-5-4-6-13(14(12)18)21(23)24/h4-6,10-11H,7-9H2,1-3H3,(H,19,22)/t10-,11-/m0/s1. The van der Waals surface area contributed by atoms with E-state index in [1.54, 1.807) is 20.8 Å². The highest BCUT2D eigenvalue weighted by Crippen LogP contribution is 2.30. The molecule has 1 fully saturated rings. The van der Waals surface area contributed by atoms with Crippen LogP contribution in [-0.4, -0.2) is 41.9 Å². The lowest BCUT2D eigenvalue weighted by Gasteiger charge is -2.36. The molecule has 1 heterocycles. The first-order chi connectivity index (χ1) is 11.6. The molecule has 2 atom stereocenters. The fourth-order valence-corrected chi connectivity index (χ4v) is 2.71. The fourth-order valence-electron chi connectivity index (χ4n) is 2.71. The van der Waals surface area contributed by atoms with Crippen LogP contribution in [0.2, 0.25) is 0 Å². The predicted octanol–water partition coefficient (Wildman–Crippen LogP) is 3.18. The summed E-state index contributed by atoms with van der Waals surface area (Å²) in [5, 5.41) is 13.4. The van der Waals surface area contributed by atoms with Gasteiger partial charge in [0.05, 0.1) is 16.7 Å². The molecule has 0 aliphatic carbocycles. The molecule has 0 bridgehead atoms. The van der Waals surface area contributed by atoms with Gasteiger partial charge in [0, 0.05) is 25.6 Å². The van der Waals surface area contributed by atoms with Gasteiger partial charge in [0.1, 0.15) is 11.8 Å². The number of carbonyl (C=O) groups is 1. The summed E-state index contributed by atoms with van der Waals surface area (Å²) in [7, 11) is 0. The molecular formula is C16H21F2N3O4. The summed E-state index contributed by atoms with van der Waals surface area (Å²) in [4.78, 5) is 23.2. The Bertz CT molecular complexity index is 663. The zero-order valence-electron chi connectivity index (χ0n) is 14.3. The Morgan fingerprint density at radius 2 is 2.08 bits per heavy atom. The molecule has 2 rings (SSSR count). The van der Waals surface area contributed by atoms with E-state index in [4.69, 9.17) is 4.74 Å². The van der Waals surface area contributed by atoms with Gasteiger partial charge in [0.15, 0.2) is 0 Å². The van der Waals surface area contributed by atoms with Crippen molar-refractivity contribution in [2.45, 2.75) is 45.0 Å². The van der Waals surface area contributed by atoms with Crippen LogP contribution in [0.15, 0.2) is 18.2 Å². The molecule has 0 radical (unpaired) electrons. The second-order valence-electron chi connectivity index (χ2n) is 6.95. The van der Waals surface area contributed by atoms with E-state index in [9.17, 15) is 23.7 Å². The number of piperidine rings is 1. The minimum atomic E-state index is -1.31. The second kappa shape index (κ2) is 7.20. The van der Waals surface area contributed by atoms with Crippen molar-refractivity contribution in [1.29, 1.82) is 0 Å². The monoisotopic (exact) mass is 357 g/mol. The highest BCUT2D eigenvalue weighted by Gasteiger charge is 2.32. The maximum atomic E-state index is 14.3. The van der Waals surface area contributed by atoms with Gasteiger partial charge in [-0.15, -0.1) is 0 Å². The Balaban J connectivity index is 2.14. The third-order valence-electron chi connectivity index (χ3n) is 3.62. The van der Waals surface area contributed by atoms with E-state index in [-0.39, 0.29) is 25.2 Å². The van der Waals surface area contributed by atoms with Gasteiger partial charge in [-0.3, -0.25) is 10.1 Å². The van der Waals surface area contributed by atoms with E-state index < -0.39 is 40.3 Å². The molecule has 1 amide bonds. The van der Waals surface area contributed by atoms with Crippen molar-refractivity contribution < 1.29 is 23.2 Å². The maximum absolute atomic E-state index is 14.3. The number of hydrogen-bond acceptors (Lipinski definition) is 5. The summed E-state index contributed by atoms with van der Waals surface area (Å²) in [6.45, 7) is 5.13. The minimum absolute atomic E-state index is 0.0618. The van der Waals surface area contributed by atoms with Crippen LogP contribution >= 0.6 is 0 Å². The summed E-state index contributed by atoms with van der Waals surface area (Å²) < 4.78 is 33.5. The fraction of sp³-hybridized carbons (Fsp3) is 0.562. The van der Waals surface area contributed by atoms with Gasteiger partial charge in [-0.1, -0.05) is 6.07 Å². The number of alkyl halides is 1. The van der Waals surface area contributed by atoms with E-state index in [0.717, 1.165) is 6.07 Å². The van der Waals surface area contributed by atoms with Crippen LogP contribution in [-0.2, 0) is 4.74 Å². The molecule has 1 aromatic rings. The number of ether oxygens (including phenoxy) is 1. The van der Waals surface area contributed by atoms with Gasteiger partial charge in [-0.25, -0.2) is 9.18 Å². The van der Waals surface area contributed by atoms with Gasteiger partial charge in [-0.2, -0.15) is 4.39 Å². The second-order valence-corrected chi connectivity index (χ2v) is 6.95. The van der Waals surface area contributed by atoms with E-state index in [2.05, 4.69) is 5.32 Å². The number of alkyl carbamates (subject to hydrolysis) is 1. The quantitative estimate of drug-likeness (QED) is 0.663. The lowest BCUT2D eigenvalue weighted by atomic mass is 10.0. The molecular weight excluding hydrogens is 336 g/mol. The van der Waals surface area contributed by atoms with E-state index in [1.807, 2.05) is 0 Å². The SMILES string of the molecule is CC(C)(C)OC(=O)N[C@H]1C[C@H](F)CN(c2cccc([N+](=O)[O-])c2F)C1. The Labute approximate surface area is 144 Å². The van der Waals surface area contributed by atoms with Crippen LogP contribution in [0.1, 0.15) is 27.2 Å². The third-order valence-corrected chi connectivity index (χ3v) is 3.62. The molecule has 9 heteroatoms. The van der Waals surface area contributed by atoms with Gasteiger partial charge < -0.3 is 15.0 Å². The Morgan fingerprint density at radius 3 is 2.68 bits per heavy atom. The summed E-state index contributed by atoms with van der Waals surface area (Å²) in [5.41, 5.74) is -1.43. The van der Waals surface area contributed by atoms with Gasteiger partial charge in [-0.05, 0) is 26.8 Å². The number of halogens is 2. The summed E-state index contributed by atoms with van der Waals surface area (Å²) in [6, 6.07) is 3.14. The number of benzene rings is 1.